The number of amides is 1. The molecule has 1 amide bonds. The summed E-state index contributed by atoms with van der Waals surface area (Å²) in [5, 5.41) is 1.78. The number of hydrogen-bond acceptors (Lipinski definition) is 5. The molecule has 0 N–H and O–H groups in total. The second kappa shape index (κ2) is 7.20. The Morgan fingerprint density at radius 1 is 1.06 bits per heavy atom. The normalized spacial score (nSPS) is 19.8. The molecule has 0 spiro atoms. The van der Waals surface area contributed by atoms with Crippen molar-refractivity contribution in [2.75, 3.05) is 13.1 Å². The average Bonchev–Trinajstić information content (AvgIpc) is 3.15. The van der Waals surface area contributed by atoms with Crippen molar-refractivity contribution in [1.29, 1.82) is 0 Å². The Balaban J connectivity index is 1.32. The molecule has 1 fully saturated rings. The number of likely N-dealkylation sites (tertiary alicyclic amines) is 1. The molecule has 4 aromatic rings. The van der Waals surface area contributed by atoms with Crippen molar-refractivity contribution in [2.24, 2.45) is 5.92 Å². The van der Waals surface area contributed by atoms with E-state index in [0.717, 1.165) is 34.0 Å². The van der Waals surface area contributed by atoms with Crippen LogP contribution in [0.25, 0.3) is 21.9 Å². The standard InChI is InChI=1S/C26H24N2O5/c1-14-13-32-22-9-23-19(7-18(14)22)15(2)20(26(31)33-23)8-25(30)27-10-16-6-17(12-27)21-4-3-5-24(29)28(21)11-16/h3-5,7,9,13,16-17H,6,8,10-12H2,1-2H3/t16-,17+/m1/s1. The predicted molar refractivity (Wildman–Crippen MR) is 124 cm³/mol. The van der Waals surface area contributed by atoms with E-state index in [9.17, 15) is 14.4 Å². The van der Waals surface area contributed by atoms with Crippen LogP contribution in [0.5, 0.6) is 0 Å². The molecule has 2 bridgehead atoms. The minimum Gasteiger partial charge on any atom is -0.464 e. The van der Waals surface area contributed by atoms with Crippen LogP contribution in [0.3, 0.4) is 0 Å². The zero-order chi connectivity index (χ0) is 22.9. The summed E-state index contributed by atoms with van der Waals surface area (Å²) in [5.41, 5.74) is 3.85. The quantitative estimate of drug-likeness (QED) is 0.442. The molecular formula is C26H24N2O5. The second-order valence-electron chi connectivity index (χ2n) is 9.43. The van der Waals surface area contributed by atoms with Gasteiger partial charge in [0, 0.05) is 54.2 Å². The maximum absolute atomic E-state index is 13.3. The van der Waals surface area contributed by atoms with Crippen LogP contribution >= 0.6 is 0 Å². The first-order chi connectivity index (χ1) is 15.9. The summed E-state index contributed by atoms with van der Waals surface area (Å²) < 4.78 is 13.0. The molecular weight excluding hydrogens is 420 g/mol. The molecule has 33 heavy (non-hydrogen) atoms. The van der Waals surface area contributed by atoms with Crippen LogP contribution in [0.15, 0.2) is 55.0 Å². The molecule has 7 nitrogen and oxygen atoms in total. The molecule has 0 saturated carbocycles. The van der Waals surface area contributed by atoms with Gasteiger partial charge in [0.2, 0.25) is 5.91 Å². The monoisotopic (exact) mass is 444 g/mol. The fourth-order valence-electron chi connectivity index (χ4n) is 5.60. The van der Waals surface area contributed by atoms with E-state index in [1.165, 1.54) is 0 Å². The van der Waals surface area contributed by atoms with Gasteiger partial charge in [0.1, 0.15) is 11.2 Å². The second-order valence-corrected chi connectivity index (χ2v) is 9.43. The number of benzene rings is 1. The van der Waals surface area contributed by atoms with E-state index in [-0.39, 0.29) is 29.7 Å². The number of hydrogen-bond donors (Lipinski definition) is 0. The SMILES string of the molecule is Cc1coc2cc3oc(=O)c(CC(=O)N4C[C@H]5C[C@@H](C4)c4cccc(=O)n4C5)c(C)c3cc12. The molecule has 0 radical (unpaired) electrons. The lowest BCUT2D eigenvalue weighted by atomic mass is 9.83. The highest BCUT2D eigenvalue weighted by Gasteiger charge is 2.36. The van der Waals surface area contributed by atoms with E-state index in [1.807, 2.05) is 35.4 Å². The van der Waals surface area contributed by atoms with E-state index in [1.54, 1.807) is 24.5 Å². The third kappa shape index (κ3) is 3.14. The van der Waals surface area contributed by atoms with Gasteiger partial charge in [-0.25, -0.2) is 4.79 Å². The maximum Gasteiger partial charge on any atom is 0.340 e. The first-order valence-corrected chi connectivity index (χ1v) is 11.3. The molecule has 2 aliphatic heterocycles. The average molecular weight is 444 g/mol. The lowest BCUT2D eigenvalue weighted by molar-refractivity contribution is -0.133. The van der Waals surface area contributed by atoms with Gasteiger partial charge in [-0.2, -0.15) is 0 Å². The fourth-order valence-corrected chi connectivity index (χ4v) is 5.60. The van der Waals surface area contributed by atoms with Crippen molar-refractivity contribution in [3.63, 3.8) is 0 Å². The number of carbonyl (C=O) groups is 1. The molecule has 5 heterocycles. The predicted octanol–water partition coefficient (Wildman–Crippen LogP) is 3.51. The molecule has 0 unspecified atom stereocenters. The van der Waals surface area contributed by atoms with Crippen molar-refractivity contribution in [2.45, 2.75) is 39.2 Å². The summed E-state index contributed by atoms with van der Waals surface area (Å²) in [5.74, 6) is 0.306. The van der Waals surface area contributed by atoms with Crippen LogP contribution in [0.1, 0.15) is 34.7 Å². The van der Waals surface area contributed by atoms with Gasteiger partial charge in [-0.05, 0) is 49.4 Å². The van der Waals surface area contributed by atoms with Crippen molar-refractivity contribution in [3.05, 3.63) is 79.8 Å². The van der Waals surface area contributed by atoms with E-state index < -0.39 is 5.63 Å². The Morgan fingerprint density at radius 2 is 1.91 bits per heavy atom. The number of pyridine rings is 1. The summed E-state index contributed by atoms with van der Waals surface area (Å²) in [6.07, 6.45) is 2.67. The number of nitrogens with zero attached hydrogens (tertiary/aromatic N) is 2. The van der Waals surface area contributed by atoms with Gasteiger partial charge in [0.15, 0.2) is 0 Å². The number of piperidine rings is 1. The topological polar surface area (TPSA) is 85.7 Å². The van der Waals surface area contributed by atoms with Gasteiger partial charge in [-0.15, -0.1) is 0 Å². The molecule has 0 aliphatic carbocycles. The summed E-state index contributed by atoms with van der Waals surface area (Å²) in [7, 11) is 0. The third-order valence-corrected chi connectivity index (χ3v) is 7.34. The van der Waals surface area contributed by atoms with Crippen molar-refractivity contribution < 1.29 is 13.6 Å². The van der Waals surface area contributed by atoms with E-state index in [4.69, 9.17) is 8.83 Å². The van der Waals surface area contributed by atoms with E-state index in [0.29, 0.717) is 36.4 Å². The largest absolute Gasteiger partial charge is 0.464 e. The molecule has 1 aromatic carbocycles. The zero-order valence-electron chi connectivity index (χ0n) is 18.6. The molecule has 168 valence electrons. The van der Waals surface area contributed by atoms with Crippen LogP contribution in [-0.4, -0.2) is 28.5 Å². The Bertz CT molecular complexity index is 1560. The molecule has 1 saturated heterocycles. The van der Waals surface area contributed by atoms with Crippen LogP contribution in [0.4, 0.5) is 0 Å². The molecule has 2 aliphatic rings. The summed E-state index contributed by atoms with van der Waals surface area (Å²) in [6, 6.07) is 9.07. The van der Waals surface area contributed by atoms with Gasteiger partial charge in [-0.1, -0.05) is 6.07 Å². The minimum absolute atomic E-state index is 0.00749. The summed E-state index contributed by atoms with van der Waals surface area (Å²) in [6.45, 7) is 5.63. The Hall–Kier alpha value is -3.61. The van der Waals surface area contributed by atoms with E-state index in [2.05, 4.69) is 0 Å². The number of aromatic nitrogens is 1. The van der Waals surface area contributed by atoms with Crippen LogP contribution in [0.2, 0.25) is 0 Å². The summed E-state index contributed by atoms with van der Waals surface area (Å²) in [4.78, 5) is 40.2. The van der Waals surface area contributed by atoms with Gasteiger partial charge in [-0.3, -0.25) is 9.59 Å². The summed E-state index contributed by atoms with van der Waals surface area (Å²) >= 11 is 0. The number of aryl methyl sites for hydroxylation is 2. The lowest BCUT2D eigenvalue weighted by Crippen LogP contribution is -2.49. The van der Waals surface area contributed by atoms with Crippen LogP contribution in [0, 0.1) is 19.8 Å². The molecule has 6 rings (SSSR count). The number of carbonyl (C=O) groups excluding carboxylic acids is 1. The van der Waals surface area contributed by atoms with E-state index >= 15 is 0 Å². The first-order valence-electron chi connectivity index (χ1n) is 11.3. The van der Waals surface area contributed by atoms with Gasteiger partial charge in [0.05, 0.1) is 18.2 Å². The highest BCUT2D eigenvalue weighted by atomic mass is 16.4. The van der Waals surface area contributed by atoms with Crippen LogP contribution in [-0.2, 0) is 17.8 Å². The van der Waals surface area contributed by atoms with Gasteiger partial charge >= 0.3 is 5.63 Å². The van der Waals surface area contributed by atoms with Gasteiger partial charge in [0.25, 0.3) is 5.56 Å². The highest BCUT2D eigenvalue weighted by Crippen LogP contribution is 2.35. The molecule has 2 atom stereocenters. The first kappa shape index (κ1) is 20.0. The van der Waals surface area contributed by atoms with Crippen molar-refractivity contribution in [1.82, 2.24) is 9.47 Å². The van der Waals surface area contributed by atoms with Crippen molar-refractivity contribution >= 4 is 27.8 Å². The Kier molecular flexibility index (Phi) is 4.37. The molecule has 3 aromatic heterocycles. The number of rotatable bonds is 2. The number of fused-ring (bicyclic) bond motifs is 6. The molecule has 7 heteroatoms. The van der Waals surface area contributed by atoms with Gasteiger partial charge < -0.3 is 18.3 Å². The fraction of sp³-hybridized carbons (Fsp3) is 0.346. The number of furan rings is 1. The third-order valence-electron chi connectivity index (χ3n) is 7.34. The van der Waals surface area contributed by atoms with Crippen LogP contribution < -0.4 is 11.2 Å². The maximum atomic E-state index is 13.3. The smallest absolute Gasteiger partial charge is 0.340 e. The lowest BCUT2D eigenvalue weighted by Gasteiger charge is -2.42. The zero-order valence-corrected chi connectivity index (χ0v) is 18.6. The minimum atomic E-state index is -0.481. The Labute approximate surface area is 189 Å². The highest BCUT2D eigenvalue weighted by molar-refractivity contribution is 5.96. The van der Waals surface area contributed by atoms with Crippen molar-refractivity contribution in [3.8, 4) is 0 Å². The Morgan fingerprint density at radius 3 is 2.76 bits per heavy atom.